The molecule has 2 fully saturated rings. The first-order valence-electron chi connectivity index (χ1n) is 8.11. The lowest BCUT2D eigenvalue weighted by Crippen LogP contribution is -2.41. The molecule has 1 aliphatic heterocycles. The van der Waals surface area contributed by atoms with Crippen molar-refractivity contribution in [3.8, 4) is 0 Å². The van der Waals surface area contributed by atoms with Crippen molar-refractivity contribution in [2.45, 2.75) is 64.2 Å². The van der Waals surface area contributed by atoms with Crippen LogP contribution in [0.4, 0.5) is 0 Å². The number of hydrogen-bond donors (Lipinski definition) is 1. The van der Waals surface area contributed by atoms with E-state index in [-0.39, 0.29) is 17.1 Å². The van der Waals surface area contributed by atoms with Crippen LogP contribution in [0.15, 0.2) is 18.2 Å². The normalized spacial score (nSPS) is 22.2. The highest BCUT2D eigenvalue weighted by Gasteiger charge is 2.51. The number of halogens is 1. The summed E-state index contributed by atoms with van der Waals surface area (Å²) >= 11 is 6.36. The molecule has 1 aliphatic carbocycles. The first-order valence-corrected chi connectivity index (χ1v) is 8.49. The standard InChI is InChI=1S/C17H23BClNO3/c1-16(2)17(3,4)23-18(22-16)12-6-5-11(14(19)10-12)9-15(21)20-13-7-8-13/h5-6,10,13H,7-9H2,1-4H3,(H,20,21). The van der Waals surface area contributed by atoms with Crippen LogP contribution in [0.25, 0.3) is 0 Å². The second-order valence-corrected chi connectivity index (χ2v) is 7.86. The van der Waals surface area contributed by atoms with Crippen LogP contribution in [0.3, 0.4) is 0 Å². The van der Waals surface area contributed by atoms with E-state index in [1.165, 1.54) is 0 Å². The van der Waals surface area contributed by atoms with Crippen molar-refractivity contribution < 1.29 is 14.1 Å². The first kappa shape index (κ1) is 16.8. The Bertz CT molecular complexity index is 612. The summed E-state index contributed by atoms with van der Waals surface area (Å²) in [5, 5.41) is 3.55. The summed E-state index contributed by atoms with van der Waals surface area (Å²) in [7, 11) is -0.438. The zero-order chi connectivity index (χ0) is 16.8. The van der Waals surface area contributed by atoms with Gasteiger partial charge in [0.2, 0.25) is 5.91 Å². The van der Waals surface area contributed by atoms with Crippen LogP contribution in [0.2, 0.25) is 5.02 Å². The fraction of sp³-hybridized carbons (Fsp3) is 0.588. The minimum atomic E-state index is -0.438. The van der Waals surface area contributed by atoms with E-state index >= 15 is 0 Å². The first-order chi connectivity index (χ1) is 10.7. The van der Waals surface area contributed by atoms with Gasteiger partial charge in [0, 0.05) is 11.1 Å². The Morgan fingerprint density at radius 3 is 2.39 bits per heavy atom. The summed E-state index contributed by atoms with van der Waals surface area (Å²) in [5.41, 5.74) is 0.935. The van der Waals surface area contributed by atoms with Crippen molar-refractivity contribution in [2.75, 3.05) is 0 Å². The van der Waals surface area contributed by atoms with Gasteiger partial charge >= 0.3 is 7.12 Å². The molecule has 1 heterocycles. The highest BCUT2D eigenvalue weighted by Crippen LogP contribution is 2.36. The second-order valence-electron chi connectivity index (χ2n) is 7.46. The van der Waals surface area contributed by atoms with E-state index in [1.807, 2.05) is 45.9 Å². The molecule has 0 bridgehead atoms. The molecule has 0 atom stereocenters. The highest BCUT2D eigenvalue weighted by atomic mass is 35.5. The van der Waals surface area contributed by atoms with Crippen molar-refractivity contribution >= 4 is 30.1 Å². The maximum atomic E-state index is 11.9. The topological polar surface area (TPSA) is 47.6 Å². The third-order valence-electron chi connectivity index (χ3n) is 4.90. The zero-order valence-corrected chi connectivity index (χ0v) is 14.9. The smallest absolute Gasteiger partial charge is 0.399 e. The molecule has 6 heteroatoms. The van der Waals surface area contributed by atoms with Crippen LogP contribution >= 0.6 is 11.6 Å². The van der Waals surface area contributed by atoms with Crippen LogP contribution in [-0.4, -0.2) is 30.3 Å². The SMILES string of the molecule is CC1(C)OB(c2ccc(CC(=O)NC3CC3)c(Cl)c2)OC1(C)C. The number of carbonyl (C=O) groups is 1. The molecule has 1 saturated heterocycles. The predicted octanol–water partition coefficient (Wildman–Crippen LogP) is 2.46. The second kappa shape index (κ2) is 5.80. The lowest BCUT2D eigenvalue weighted by molar-refractivity contribution is -0.120. The monoisotopic (exact) mass is 335 g/mol. The molecule has 1 aromatic rings. The minimum absolute atomic E-state index is 0.0257. The maximum absolute atomic E-state index is 11.9. The summed E-state index contributed by atoms with van der Waals surface area (Å²) in [6.45, 7) is 8.08. The van der Waals surface area contributed by atoms with E-state index in [0.717, 1.165) is 23.9 Å². The van der Waals surface area contributed by atoms with Gasteiger partial charge in [-0.2, -0.15) is 0 Å². The van der Waals surface area contributed by atoms with E-state index in [9.17, 15) is 4.79 Å². The van der Waals surface area contributed by atoms with Crippen molar-refractivity contribution in [3.63, 3.8) is 0 Å². The van der Waals surface area contributed by atoms with Gasteiger partial charge in [0.1, 0.15) is 0 Å². The van der Waals surface area contributed by atoms with E-state index in [2.05, 4.69) is 5.32 Å². The summed E-state index contributed by atoms with van der Waals surface area (Å²) in [4.78, 5) is 11.9. The Kier molecular flexibility index (Phi) is 4.24. The number of amides is 1. The molecule has 1 N–H and O–H groups in total. The average molecular weight is 336 g/mol. The summed E-state index contributed by atoms with van der Waals surface area (Å²) in [5.74, 6) is 0.0257. The molecule has 4 nitrogen and oxygen atoms in total. The highest BCUT2D eigenvalue weighted by molar-refractivity contribution is 6.62. The molecule has 0 spiro atoms. The Hall–Kier alpha value is -1.04. The van der Waals surface area contributed by atoms with Crippen molar-refractivity contribution in [1.29, 1.82) is 0 Å². The third-order valence-corrected chi connectivity index (χ3v) is 5.25. The van der Waals surface area contributed by atoms with E-state index in [1.54, 1.807) is 0 Å². The van der Waals surface area contributed by atoms with Crippen LogP contribution < -0.4 is 10.8 Å². The van der Waals surface area contributed by atoms with E-state index in [0.29, 0.717) is 17.5 Å². The molecule has 1 saturated carbocycles. The van der Waals surface area contributed by atoms with Crippen LogP contribution in [0.1, 0.15) is 46.1 Å². The Morgan fingerprint density at radius 1 is 1.26 bits per heavy atom. The van der Waals surface area contributed by atoms with Crippen molar-refractivity contribution in [2.24, 2.45) is 0 Å². The Labute approximate surface area is 143 Å². The average Bonchev–Trinajstić information content (AvgIpc) is 3.19. The molecule has 124 valence electrons. The number of hydrogen-bond acceptors (Lipinski definition) is 3. The van der Waals surface area contributed by atoms with Crippen molar-refractivity contribution in [1.82, 2.24) is 5.32 Å². The molecule has 23 heavy (non-hydrogen) atoms. The van der Waals surface area contributed by atoms with Gasteiger partial charge in [0.05, 0.1) is 17.6 Å². The summed E-state index contributed by atoms with van der Waals surface area (Å²) in [6.07, 6.45) is 2.47. The third kappa shape index (κ3) is 3.57. The molecule has 1 aromatic carbocycles. The molecule has 1 amide bonds. The molecule has 0 aromatic heterocycles. The zero-order valence-electron chi connectivity index (χ0n) is 14.1. The molecule has 2 aliphatic rings. The van der Waals surface area contributed by atoms with Gasteiger partial charge in [-0.05, 0) is 57.6 Å². The fourth-order valence-electron chi connectivity index (χ4n) is 2.51. The minimum Gasteiger partial charge on any atom is -0.399 e. The molecular formula is C17H23BClNO3. The van der Waals surface area contributed by atoms with Gasteiger partial charge in [-0.25, -0.2) is 0 Å². The van der Waals surface area contributed by atoms with Gasteiger partial charge in [0.15, 0.2) is 0 Å². The van der Waals surface area contributed by atoms with Gasteiger partial charge in [0.25, 0.3) is 0 Å². The maximum Gasteiger partial charge on any atom is 0.494 e. The summed E-state index contributed by atoms with van der Waals surface area (Å²) < 4.78 is 12.1. The number of nitrogens with one attached hydrogen (secondary N) is 1. The Morgan fingerprint density at radius 2 is 1.87 bits per heavy atom. The molecule has 0 unspecified atom stereocenters. The quantitative estimate of drug-likeness (QED) is 0.860. The van der Waals surface area contributed by atoms with E-state index < -0.39 is 7.12 Å². The lowest BCUT2D eigenvalue weighted by Gasteiger charge is -2.32. The molecule has 0 radical (unpaired) electrons. The van der Waals surface area contributed by atoms with Crippen LogP contribution in [0, 0.1) is 0 Å². The predicted molar refractivity (Wildman–Crippen MR) is 92.0 cm³/mol. The lowest BCUT2D eigenvalue weighted by atomic mass is 9.78. The van der Waals surface area contributed by atoms with Gasteiger partial charge in [-0.15, -0.1) is 0 Å². The Balaban J connectivity index is 1.71. The van der Waals surface area contributed by atoms with Crippen LogP contribution in [0.5, 0.6) is 0 Å². The largest absolute Gasteiger partial charge is 0.494 e. The van der Waals surface area contributed by atoms with E-state index in [4.69, 9.17) is 20.9 Å². The fourth-order valence-corrected chi connectivity index (χ4v) is 2.77. The number of benzene rings is 1. The molecular weight excluding hydrogens is 312 g/mol. The molecule has 3 rings (SSSR count). The van der Waals surface area contributed by atoms with Gasteiger partial charge in [-0.3, -0.25) is 4.79 Å². The van der Waals surface area contributed by atoms with Gasteiger partial charge < -0.3 is 14.6 Å². The van der Waals surface area contributed by atoms with Gasteiger partial charge in [-0.1, -0.05) is 23.7 Å². The number of rotatable bonds is 4. The number of carbonyl (C=O) groups excluding carboxylic acids is 1. The summed E-state index contributed by atoms with van der Waals surface area (Å²) in [6, 6.07) is 6.01. The van der Waals surface area contributed by atoms with Crippen LogP contribution in [-0.2, 0) is 20.5 Å². The van der Waals surface area contributed by atoms with Crippen molar-refractivity contribution in [3.05, 3.63) is 28.8 Å².